The summed E-state index contributed by atoms with van der Waals surface area (Å²) in [6, 6.07) is 12.6. The van der Waals surface area contributed by atoms with Crippen molar-refractivity contribution in [2.75, 3.05) is 7.11 Å². The fraction of sp³-hybridized carbons (Fsp3) is 0.333. The Morgan fingerprint density at radius 3 is 2.71 bits per heavy atom. The van der Waals surface area contributed by atoms with Crippen molar-refractivity contribution < 1.29 is 9.84 Å². The van der Waals surface area contributed by atoms with Crippen molar-refractivity contribution in [2.24, 2.45) is 0 Å². The zero-order valence-electron chi connectivity index (χ0n) is 12.4. The van der Waals surface area contributed by atoms with Gasteiger partial charge >= 0.3 is 0 Å². The zero-order valence-corrected chi connectivity index (χ0v) is 13.2. The lowest BCUT2D eigenvalue weighted by atomic mass is 10.1. The second-order valence-corrected chi connectivity index (χ2v) is 6.55. The normalized spacial score (nSPS) is 14.8. The van der Waals surface area contributed by atoms with Gasteiger partial charge in [0.05, 0.1) is 13.2 Å². The molecule has 2 aromatic carbocycles. The lowest BCUT2D eigenvalue weighted by Gasteiger charge is -2.16. The van der Waals surface area contributed by atoms with Crippen molar-refractivity contribution in [3.63, 3.8) is 0 Å². The standard InChI is InChI=1S/C18H20O2S/c1-12(19)18-16(20-2)7-4-8-17(18)21-15-10-9-13-5-3-6-14(13)11-15/h4,7-12,19H,3,5-6H2,1-2H3/t12-/m0/s1. The Balaban J connectivity index is 1.94. The number of hydrogen-bond donors (Lipinski definition) is 1. The Labute approximate surface area is 130 Å². The first kappa shape index (κ1) is 14.5. The Morgan fingerprint density at radius 2 is 1.95 bits per heavy atom. The second kappa shape index (κ2) is 6.12. The van der Waals surface area contributed by atoms with Crippen LogP contribution in [0, 0.1) is 0 Å². The number of aliphatic hydroxyl groups is 1. The monoisotopic (exact) mass is 300 g/mol. The maximum absolute atomic E-state index is 10.1. The van der Waals surface area contributed by atoms with Crippen molar-refractivity contribution in [3.05, 3.63) is 53.1 Å². The number of hydrogen-bond acceptors (Lipinski definition) is 3. The van der Waals surface area contributed by atoms with Crippen LogP contribution in [0.3, 0.4) is 0 Å². The van der Waals surface area contributed by atoms with Crippen LogP contribution in [-0.4, -0.2) is 12.2 Å². The van der Waals surface area contributed by atoms with Crippen LogP contribution in [0.2, 0.25) is 0 Å². The van der Waals surface area contributed by atoms with Crippen molar-refractivity contribution in [1.29, 1.82) is 0 Å². The first-order valence-electron chi connectivity index (χ1n) is 7.33. The molecule has 2 nitrogen and oxygen atoms in total. The van der Waals surface area contributed by atoms with E-state index < -0.39 is 6.10 Å². The molecule has 3 heteroatoms. The molecule has 0 heterocycles. The summed E-state index contributed by atoms with van der Waals surface area (Å²) in [5.41, 5.74) is 3.83. The summed E-state index contributed by atoms with van der Waals surface area (Å²) < 4.78 is 5.39. The molecule has 1 N–H and O–H groups in total. The molecule has 1 aliphatic carbocycles. The molecule has 1 aliphatic rings. The summed E-state index contributed by atoms with van der Waals surface area (Å²) in [4.78, 5) is 2.29. The molecular weight excluding hydrogens is 280 g/mol. The van der Waals surface area contributed by atoms with Gasteiger partial charge in [0.15, 0.2) is 0 Å². The summed E-state index contributed by atoms with van der Waals surface area (Å²) >= 11 is 1.70. The predicted molar refractivity (Wildman–Crippen MR) is 86.2 cm³/mol. The highest BCUT2D eigenvalue weighted by atomic mass is 32.2. The zero-order chi connectivity index (χ0) is 14.8. The predicted octanol–water partition coefficient (Wildman–Crippen LogP) is 4.39. The first-order chi connectivity index (χ1) is 10.2. The van der Waals surface area contributed by atoms with Gasteiger partial charge < -0.3 is 9.84 Å². The van der Waals surface area contributed by atoms with E-state index in [2.05, 4.69) is 18.2 Å². The van der Waals surface area contributed by atoms with Gasteiger partial charge in [-0.3, -0.25) is 0 Å². The van der Waals surface area contributed by atoms with Gasteiger partial charge in [-0.1, -0.05) is 23.9 Å². The Morgan fingerprint density at radius 1 is 1.14 bits per heavy atom. The lowest BCUT2D eigenvalue weighted by Crippen LogP contribution is -1.98. The molecule has 0 aromatic heterocycles. The van der Waals surface area contributed by atoms with Crippen molar-refractivity contribution >= 4 is 11.8 Å². The highest BCUT2D eigenvalue weighted by molar-refractivity contribution is 7.99. The molecule has 0 bridgehead atoms. The van der Waals surface area contributed by atoms with Gasteiger partial charge in [-0.05, 0) is 61.6 Å². The fourth-order valence-corrected chi connectivity index (χ4v) is 4.06. The van der Waals surface area contributed by atoms with Crippen LogP contribution in [0.1, 0.15) is 36.1 Å². The van der Waals surface area contributed by atoms with E-state index in [-0.39, 0.29) is 0 Å². The van der Waals surface area contributed by atoms with Crippen LogP contribution >= 0.6 is 11.8 Å². The van der Waals surface area contributed by atoms with E-state index in [1.54, 1.807) is 25.8 Å². The quantitative estimate of drug-likeness (QED) is 0.908. The third kappa shape index (κ3) is 2.94. The van der Waals surface area contributed by atoms with Crippen molar-refractivity contribution in [2.45, 2.75) is 42.1 Å². The molecule has 0 spiro atoms. The maximum atomic E-state index is 10.1. The number of fused-ring (bicyclic) bond motifs is 1. The molecule has 0 saturated heterocycles. The van der Waals surface area contributed by atoms with Crippen LogP contribution in [0.25, 0.3) is 0 Å². The van der Waals surface area contributed by atoms with E-state index in [4.69, 9.17) is 4.74 Å². The summed E-state index contributed by atoms with van der Waals surface area (Å²) in [5.74, 6) is 0.746. The van der Waals surface area contributed by atoms with Crippen LogP contribution < -0.4 is 4.74 Å². The maximum Gasteiger partial charge on any atom is 0.125 e. The number of rotatable bonds is 4. The second-order valence-electron chi connectivity index (χ2n) is 5.43. The van der Waals surface area contributed by atoms with Crippen LogP contribution in [0.15, 0.2) is 46.2 Å². The molecule has 0 fully saturated rings. The van der Waals surface area contributed by atoms with Gasteiger partial charge in [-0.15, -0.1) is 0 Å². The van der Waals surface area contributed by atoms with Crippen LogP contribution in [0.4, 0.5) is 0 Å². The van der Waals surface area contributed by atoms with Gasteiger partial charge in [0.2, 0.25) is 0 Å². The van der Waals surface area contributed by atoms with Gasteiger partial charge in [0.25, 0.3) is 0 Å². The third-order valence-corrected chi connectivity index (χ3v) is 5.03. The molecular formula is C18H20O2S. The molecule has 0 amide bonds. The molecule has 0 aliphatic heterocycles. The summed E-state index contributed by atoms with van der Waals surface area (Å²) in [5, 5.41) is 10.1. The number of aliphatic hydroxyl groups excluding tert-OH is 1. The van der Waals surface area contributed by atoms with E-state index in [9.17, 15) is 5.11 Å². The SMILES string of the molecule is COc1cccc(Sc2ccc3c(c2)CCC3)c1[C@H](C)O. The number of benzene rings is 2. The lowest BCUT2D eigenvalue weighted by molar-refractivity contribution is 0.191. The molecule has 0 radical (unpaired) electrons. The molecule has 2 aromatic rings. The Kier molecular flexibility index (Phi) is 4.22. The fourth-order valence-electron chi connectivity index (χ4n) is 2.94. The Hall–Kier alpha value is -1.45. The van der Waals surface area contributed by atoms with Gasteiger partial charge in [-0.2, -0.15) is 0 Å². The average Bonchev–Trinajstić information content (AvgIpc) is 2.94. The molecule has 110 valence electrons. The van der Waals surface area contributed by atoms with Crippen LogP contribution in [0.5, 0.6) is 5.75 Å². The van der Waals surface area contributed by atoms with Gasteiger partial charge in [0, 0.05) is 15.4 Å². The number of aryl methyl sites for hydroxylation is 2. The van der Waals surface area contributed by atoms with Crippen molar-refractivity contribution in [3.8, 4) is 5.75 Å². The minimum Gasteiger partial charge on any atom is -0.496 e. The Bertz CT molecular complexity index is 650. The van der Waals surface area contributed by atoms with Gasteiger partial charge in [0.1, 0.15) is 5.75 Å². The van der Waals surface area contributed by atoms with Crippen LogP contribution in [-0.2, 0) is 12.8 Å². The van der Waals surface area contributed by atoms with E-state index in [0.29, 0.717) is 0 Å². The summed E-state index contributed by atoms with van der Waals surface area (Å²) in [6.07, 6.45) is 3.11. The van der Waals surface area contributed by atoms with Crippen molar-refractivity contribution in [1.82, 2.24) is 0 Å². The van der Waals surface area contributed by atoms with E-state index >= 15 is 0 Å². The van der Waals surface area contributed by atoms with E-state index in [1.807, 2.05) is 18.2 Å². The highest BCUT2D eigenvalue weighted by Crippen LogP contribution is 2.39. The van der Waals surface area contributed by atoms with Gasteiger partial charge in [-0.25, -0.2) is 0 Å². The van der Waals surface area contributed by atoms with E-state index in [1.165, 1.54) is 35.3 Å². The molecule has 1 atom stereocenters. The molecule has 21 heavy (non-hydrogen) atoms. The summed E-state index contributed by atoms with van der Waals surface area (Å²) in [6.45, 7) is 1.78. The molecule has 3 rings (SSSR count). The molecule has 0 unspecified atom stereocenters. The largest absolute Gasteiger partial charge is 0.496 e. The minimum absolute atomic E-state index is 0.543. The minimum atomic E-state index is -0.543. The molecule has 0 saturated carbocycles. The average molecular weight is 300 g/mol. The highest BCUT2D eigenvalue weighted by Gasteiger charge is 2.16. The topological polar surface area (TPSA) is 29.5 Å². The number of methoxy groups -OCH3 is 1. The van der Waals surface area contributed by atoms with E-state index in [0.717, 1.165) is 16.2 Å². The number of ether oxygens (including phenoxy) is 1. The summed E-state index contributed by atoms with van der Waals surface area (Å²) in [7, 11) is 1.64. The first-order valence-corrected chi connectivity index (χ1v) is 8.15. The third-order valence-electron chi connectivity index (χ3n) is 3.96. The smallest absolute Gasteiger partial charge is 0.125 e.